The molecule has 0 aliphatic carbocycles. The fraction of sp³-hybridized carbons (Fsp3) is 0.583. The molecule has 0 aromatic carbocycles. The molecule has 1 aromatic rings. The second kappa shape index (κ2) is 6.45. The molecule has 0 atom stereocenters. The lowest BCUT2D eigenvalue weighted by atomic mass is 10.1. The first-order valence-corrected chi connectivity index (χ1v) is 6.80. The van der Waals surface area contributed by atoms with Crippen LogP contribution in [0.1, 0.15) is 25.5 Å². The Morgan fingerprint density at radius 2 is 2.29 bits per heavy atom. The maximum absolute atomic E-state index is 6.06. The van der Waals surface area contributed by atoms with Crippen LogP contribution in [0.2, 0.25) is 0 Å². The number of thioether (sulfide) groups is 1. The summed E-state index contributed by atoms with van der Waals surface area (Å²) in [5.41, 5.74) is 7.77. The second-order valence-electron chi connectivity index (χ2n) is 4.11. The highest BCUT2D eigenvalue weighted by molar-refractivity contribution is 7.99. The number of nitrogens with one attached hydrogen (secondary N) is 1. The molecule has 0 amide bonds. The number of hydrogen-bond acceptors (Lipinski definition) is 4. The topological polar surface area (TPSA) is 55.9 Å². The molecule has 0 saturated carbocycles. The van der Waals surface area contributed by atoms with Crippen molar-refractivity contribution in [2.45, 2.75) is 19.8 Å². The average Bonchev–Trinajstić information content (AvgIpc) is 2.56. The average molecular weight is 252 g/mol. The van der Waals surface area contributed by atoms with Gasteiger partial charge in [0.1, 0.15) is 5.82 Å². The zero-order chi connectivity index (χ0) is 12.8. The minimum absolute atomic E-state index is 0.340. The van der Waals surface area contributed by atoms with Crippen LogP contribution in [0.4, 0.5) is 11.5 Å². The highest BCUT2D eigenvalue weighted by atomic mass is 32.2. The zero-order valence-corrected chi connectivity index (χ0v) is 11.5. The van der Waals surface area contributed by atoms with E-state index in [4.69, 9.17) is 12.2 Å². The van der Waals surface area contributed by atoms with Gasteiger partial charge in [-0.3, -0.25) is 4.68 Å². The smallest absolute Gasteiger partial charge is 0.147 e. The van der Waals surface area contributed by atoms with E-state index >= 15 is 0 Å². The van der Waals surface area contributed by atoms with Crippen LogP contribution in [0, 0.1) is 12.3 Å². The lowest BCUT2D eigenvalue weighted by Crippen LogP contribution is -2.09. The lowest BCUT2D eigenvalue weighted by Gasteiger charge is -2.07. The van der Waals surface area contributed by atoms with Gasteiger partial charge in [0.15, 0.2) is 0 Å². The number of aryl methyl sites for hydroxylation is 1. The van der Waals surface area contributed by atoms with Crippen molar-refractivity contribution in [3.63, 3.8) is 0 Å². The maximum Gasteiger partial charge on any atom is 0.147 e. The normalized spacial score (nSPS) is 10.5. The summed E-state index contributed by atoms with van der Waals surface area (Å²) in [5, 5.41) is 7.72. The molecule has 1 heterocycles. The van der Waals surface area contributed by atoms with Gasteiger partial charge in [-0.15, -0.1) is 18.2 Å². The molecular weight excluding hydrogens is 232 g/mol. The van der Waals surface area contributed by atoms with Crippen LogP contribution in [-0.2, 0) is 7.05 Å². The summed E-state index contributed by atoms with van der Waals surface area (Å²) in [6.45, 7) is 5.02. The van der Waals surface area contributed by atoms with E-state index in [2.05, 4.69) is 30.2 Å². The molecule has 1 aromatic heterocycles. The first-order valence-electron chi connectivity index (χ1n) is 5.65. The number of aromatic nitrogens is 2. The molecule has 0 bridgehead atoms. The van der Waals surface area contributed by atoms with E-state index < -0.39 is 0 Å². The highest BCUT2D eigenvalue weighted by Gasteiger charge is 2.15. The van der Waals surface area contributed by atoms with Crippen LogP contribution in [0.3, 0.4) is 0 Å². The number of rotatable bonds is 6. The molecule has 94 valence electrons. The van der Waals surface area contributed by atoms with E-state index in [0.717, 1.165) is 35.2 Å². The summed E-state index contributed by atoms with van der Waals surface area (Å²) in [6, 6.07) is 0. The molecule has 3 N–H and O–H groups in total. The summed E-state index contributed by atoms with van der Waals surface area (Å²) in [6.07, 6.45) is 5.18. The molecule has 0 fully saturated rings. The van der Waals surface area contributed by atoms with Crippen molar-refractivity contribution in [1.29, 1.82) is 0 Å². The molecule has 0 radical (unpaired) electrons. The minimum Gasteiger partial charge on any atom is -0.394 e. The highest BCUT2D eigenvalue weighted by Crippen LogP contribution is 2.27. The van der Waals surface area contributed by atoms with Crippen LogP contribution in [0.25, 0.3) is 0 Å². The van der Waals surface area contributed by atoms with E-state index in [1.807, 2.05) is 7.05 Å². The predicted molar refractivity (Wildman–Crippen MR) is 76.4 cm³/mol. The molecule has 17 heavy (non-hydrogen) atoms. The quantitative estimate of drug-likeness (QED) is 0.600. The Morgan fingerprint density at radius 1 is 1.59 bits per heavy atom. The van der Waals surface area contributed by atoms with Crippen LogP contribution in [0.5, 0.6) is 0 Å². The Hall–Kier alpha value is -1.28. The lowest BCUT2D eigenvalue weighted by molar-refractivity contribution is 0.716. The third kappa shape index (κ3) is 3.60. The third-order valence-electron chi connectivity index (χ3n) is 2.38. The van der Waals surface area contributed by atoms with E-state index in [-0.39, 0.29) is 0 Å². The second-order valence-corrected chi connectivity index (χ2v) is 5.21. The van der Waals surface area contributed by atoms with Gasteiger partial charge in [0.25, 0.3) is 0 Å². The number of hydrogen-bond donors (Lipinski definition) is 2. The third-order valence-corrected chi connectivity index (χ3v) is 3.25. The summed E-state index contributed by atoms with van der Waals surface area (Å²) in [7, 11) is 1.90. The van der Waals surface area contributed by atoms with Gasteiger partial charge in [0, 0.05) is 19.3 Å². The van der Waals surface area contributed by atoms with Gasteiger partial charge in [-0.05, 0) is 5.92 Å². The fourth-order valence-electron chi connectivity index (χ4n) is 1.57. The monoisotopic (exact) mass is 252 g/mol. The Kier molecular flexibility index (Phi) is 5.23. The van der Waals surface area contributed by atoms with E-state index in [9.17, 15) is 0 Å². The Morgan fingerprint density at radius 3 is 2.82 bits per heavy atom. The molecule has 0 unspecified atom stereocenters. The first kappa shape index (κ1) is 13.8. The van der Waals surface area contributed by atoms with Crippen LogP contribution in [-0.4, -0.2) is 27.8 Å². The number of nitrogens with two attached hydrogens (primary N) is 1. The van der Waals surface area contributed by atoms with E-state index in [1.165, 1.54) is 0 Å². The SMILES string of the molecule is C#CCSCCNc1c(N)c(C(C)C)nn1C. The van der Waals surface area contributed by atoms with Gasteiger partial charge in [-0.2, -0.15) is 5.10 Å². The fourth-order valence-corrected chi connectivity index (χ4v) is 2.08. The van der Waals surface area contributed by atoms with Gasteiger partial charge in [-0.25, -0.2) is 0 Å². The van der Waals surface area contributed by atoms with Crippen molar-refractivity contribution in [2.24, 2.45) is 7.05 Å². The van der Waals surface area contributed by atoms with Crippen molar-refractivity contribution in [2.75, 3.05) is 29.1 Å². The summed E-state index contributed by atoms with van der Waals surface area (Å²) in [4.78, 5) is 0. The Bertz CT molecular complexity index is 403. The molecule has 4 nitrogen and oxygen atoms in total. The number of anilines is 2. The number of terminal acetylenes is 1. The van der Waals surface area contributed by atoms with Gasteiger partial charge >= 0.3 is 0 Å². The van der Waals surface area contributed by atoms with Crippen LogP contribution >= 0.6 is 11.8 Å². The van der Waals surface area contributed by atoms with Crippen LogP contribution < -0.4 is 11.1 Å². The largest absolute Gasteiger partial charge is 0.394 e. The molecule has 5 heteroatoms. The van der Waals surface area contributed by atoms with Crippen molar-refractivity contribution < 1.29 is 0 Å². The van der Waals surface area contributed by atoms with Crippen molar-refractivity contribution in [3.8, 4) is 12.3 Å². The van der Waals surface area contributed by atoms with Crippen molar-refractivity contribution in [1.82, 2.24) is 9.78 Å². The molecule has 0 saturated heterocycles. The zero-order valence-electron chi connectivity index (χ0n) is 10.7. The van der Waals surface area contributed by atoms with E-state index in [1.54, 1.807) is 16.4 Å². The van der Waals surface area contributed by atoms with Crippen LogP contribution in [0.15, 0.2) is 0 Å². The minimum atomic E-state index is 0.340. The van der Waals surface area contributed by atoms with Crippen molar-refractivity contribution >= 4 is 23.3 Å². The van der Waals surface area contributed by atoms with E-state index in [0.29, 0.717) is 5.92 Å². The predicted octanol–water partition coefficient (Wildman–Crippen LogP) is 1.90. The van der Waals surface area contributed by atoms with Gasteiger partial charge in [0.05, 0.1) is 17.1 Å². The molecule has 0 aliphatic rings. The Labute approximate surface area is 107 Å². The molecule has 0 spiro atoms. The summed E-state index contributed by atoms with van der Waals surface area (Å²) in [5.74, 6) is 5.55. The van der Waals surface area contributed by atoms with Gasteiger partial charge in [0.2, 0.25) is 0 Å². The Balaban J connectivity index is 2.57. The molecule has 1 rings (SSSR count). The number of nitrogen functional groups attached to an aromatic ring is 1. The summed E-state index contributed by atoms with van der Waals surface area (Å²) < 4.78 is 1.80. The maximum atomic E-state index is 6.06. The van der Waals surface area contributed by atoms with Gasteiger partial charge in [-0.1, -0.05) is 19.8 Å². The molecular formula is C12H20N4S. The standard InChI is InChI=1S/C12H20N4S/c1-5-7-17-8-6-14-12-10(13)11(9(2)3)15-16(12)4/h1,9,14H,6-8,13H2,2-4H3. The summed E-state index contributed by atoms with van der Waals surface area (Å²) >= 11 is 1.73. The first-order chi connectivity index (χ1) is 8.07. The number of nitrogens with zero attached hydrogens (tertiary/aromatic N) is 2. The molecule has 0 aliphatic heterocycles. The van der Waals surface area contributed by atoms with Gasteiger partial charge < -0.3 is 11.1 Å². The van der Waals surface area contributed by atoms with Crippen molar-refractivity contribution in [3.05, 3.63) is 5.69 Å².